The van der Waals surface area contributed by atoms with Crippen LogP contribution in [-0.4, -0.2) is 34.4 Å². The largest absolute Gasteiger partial charge is 0.467 e. The fourth-order valence-corrected chi connectivity index (χ4v) is 4.59. The monoisotopic (exact) mass is 459 g/mol. The van der Waals surface area contributed by atoms with E-state index in [1.54, 1.807) is 35.4 Å². The van der Waals surface area contributed by atoms with Gasteiger partial charge in [-0.15, -0.1) is 0 Å². The molecule has 174 valence electrons. The number of para-hydroxylation sites is 1. The Balaban J connectivity index is 1.30. The summed E-state index contributed by atoms with van der Waals surface area (Å²) in [5, 5.41) is 3.85. The molecule has 1 fully saturated rings. The molecular weight excluding hydrogens is 433 g/mol. The van der Waals surface area contributed by atoms with E-state index in [0.29, 0.717) is 49.5 Å². The predicted molar refractivity (Wildman–Crippen MR) is 127 cm³/mol. The summed E-state index contributed by atoms with van der Waals surface area (Å²) in [6.45, 7) is 1.63. The highest BCUT2D eigenvalue weighted by atomic mass is 19.1. The highest BCUT2D eigenvalue weighted by Gasteiger charge is 2.29. The van der Waals surface area contributed by atoms with Crippen molar-refractivity contribution in [1.29, 1.82) is 0 Å². The summed E-state index contributed by atoms with van der Waals surface area (Å²) < 4.78 is 21.5. The minimum atomic E-state index is -0.292. The van der Waals surface area contributed by atoms with Gasteiger partial charge in [0.15, 0.2) is 0 Å². The molecule has 0 unspecified atom stereocenters. The van der Waals surface area contributed by atoms with Gasteiger partial charge in [-0.3, -0.25) is 9.59 Å². The number of benzene rings is 2. The normalized spacial score (nSPS) is 14.4. The zero-order valence-corrected chi connectivity index (χ0v) is 18.7. The maximum Gasteiger partial charge on any atom is 0.270 e. The number of carbonyl (C=O) groups excluding carboxylic acids is 2. The maximum absolute atomic E-state index is 14.4. The minimum Gasteiger partial charge on any atom is -0.467 e. The van der Waals surface area contributed by atoms with Crippen LogP contribution in [0.2, 0.25) is 0 Å². The van der Waals surface area contributed by atoms with Gasteiger partial charge in [0, 0.05) is 35.5 Å². The standard InChI is InChI=1S/C27H26FN3O3/c28-23-9-3-1-7-21(23)18-31-24-10-4-2-6-20(24)16-25(31)27(33)30-13-11-19(12-14-30)26(32)29-17-22-8-5-15-34-22/h1-10,15-16,19H,11-14,17-18H2,(H,29,32). The third-order valence-electron chi connectivity index (χ3n) is 6.49. The molecule has 5 rings (SSSR count). The van der Waals surface area contributed by atoms with Crippen LogP contribution in [-0.2, 0) is 17.9 Å². The third-order valence-corrected chi connectivity index (χ3v) is 6.49. The summed E-state index contributed by atoms with van der Waals surface area (Å²) in [4.78, 5) is 27.9. The molecule has 3 heterocycles. The number of nitrogens with zero attached hydrogens (tertiary/aromatic N) is 2. The van der Waals surface area contributed by atoms with Gasteiger partial charge in [0.25, 0.3) is 5.91 Å². The predicted octanol–water partition coefficient (Wildman–Crippen LogP) is 4.59. The van der Waals surface area contributed by atoms with Gasteiger partial charge in [0.1, 0.15) is 17.3 Å². The van der Waals surface area contributed by atoms with Crippen LogP contribution in [0.5, 0.6) is 0 Å². The van der Waals surface area contributed by atoms with Crippen LogP contribution < -0.4 is 5.32 Å². The van der Waals surface area contributed by atoms with Crippen molar-refractivity contribution in [2.75, 3.05) is 13.1 Å². The van der Waals surface area contributed by atoms with E-state index in [2.05, 4.69) is 5.32 Å². The van der Waals surface area contributed by atoms with Crippen LogP contribution in [0.15, 0.2) is 77.4 Å². The number of halogens is 1. The van der Waals surface area contributed by atoms with Crippen LogP contribution in [0, 0.1) is 11.7 Å². The van der Waals surface area contributed by atoms with Gasteiger partial charge in [0.2, 0.25) is 5.91 Å². The van der Waals surface area contributed by atoms with E-state index in [-0.39, 0.29) is 30.1 Å². The lowest BCUT2D eigenvalue weighted by Crippen LogP contribution is -2.43. The molecule has 0 bridgehead atoms. The number of hydrogen-bond acceptors (Lipinski definition) is 3. The van der Waals surface area contributed by atoms with Gasteiger partial charge in [-0.1, -0.05) is 36.4 Å². The molecule has 7 heteroatoms. The van der Waals surface area contributed by atoms with Crippen molar-refractivity contribution in [2.24, 2.45) is 5.92 Å². The highest BCUT2D eigenvalue weighted by molar-refractivity contribution is 5.99. The molecule has 2 aromatic heterocycles. The first-order valence-corrected chi connectivity index (χ1v) is 11.5. The number of aromatic nitrogens is 1. The summed E-state index contributed by atoms with van der Waals surface area (Å²) in [6, 6.07) is 19.9. The lowest BCUT2D eigenvalue weighted by molar-refractivity contribution is -0.126. The van der Waals surface area contributed by atoms with Crippen LogP contribution in [0.1, 0.15) is 34.7 Å². The number of piperidine rings is 1. The molecule has 0 spiro atoms. The van der Waals surface area contributed by atoms with E-state index >= 15 is 0 Å². The Hall–Kier alpha value is -3.87. The third kappa shape index (κ3) is 4.46. The lowest BCUT2D eigenvalue weighted by atomic mass is 9.95. The molecule has 6 nitrogen and oxygen atoms in total. The van der Waals surface area contributed by atoms with Crippen molar-refractivity contribution in [3.8, 4) is 0 Å². The zero-order valence-electron chi connectivity index (χ0n) is 18.7. The van der Waals surface area contributed by atoms with Gasteiger partial charge < -0.3 is 19.2 Å². The van der Waals surface area contributed by atoms with E-state index in [1.807, 2.05) is 41.0 Å². The fraction of sp³-hybridized carbons (Fsp3) is 0.259. The van der Waals surface area contributed by atoms with E-state index in [0.717, 1.165) is 10.9 Å². The van der Waals surface area contributed by atoms with Crippen molar-refractivity contribution in [1.82, 2.24) is 14.8 Å². The maximum atomic E-state index is 14.4. The van der Waals surface area contributed by atoms with Crippen LogP contribution in [0.3, 0.4) is 0 Å². The van der Waals surface area contributed by atoms with Gasteiger partial charge in [-0.2, -0.15) is 0 Å². The minimum absolute atomic E-state index is 0.0165. The number of carbonyl (C=O) groups is 2. The number of hydrogen-bond donors (Lipinski definition) is 1. The van der Waals surface area contributed by atoms with Crippen LogP contribution in [0.4, 0.5) is 4.39 Å². The number of likely N-dealkylation sites (tertiary alicyclic amines) is 1. The van der Waals surface area contributed by atoms with E-state index < -0.39 is 0 Å². The lowest BCUT2D eigenvalue weighted by Gasteiger charge is -2.31. The molecule has 1 saturated heterocycles. The molecule has 0 saturated carbocycles. The van der Waals surface area contributed by atoms with Gasteiger partial charge in [-0.25, -0.2) is 4.39 Å². The van der Waals surface area contributed by atoms with E-state index in [4.69, 9.17) is 4.42 Å². The van der Waals surface area contributed by atoms with Gasteiger partial charge in [-0.05, 0) is 43.2 Å². The molecule has 0 aliphatic carbocycles. The van der Waals surface area contributed by atoms with Crippen molar-refractivity contribution in [2.45, 2.75) is 25.9 Å². The van der Waals surface area contributed by atoms with Crippen molar-refractivity contribution < 1.29 is 18.4 Å². The second-order valence-electron chi connectivity index (χ2n) is 8.63. The molecular formula is C27H26FN3O3. The molecule has 1 aliphatic heterocycles. The average Bonchev–Trinajstić information content (AvgIpc) is 3.52. The number of nitrogens with one attached hydrogen (secondary N) is 1. The molecule has 2 amide bonds. The summed E-state index contributed by atoms with van der Waals surface area (Å²) in [7, 11) is 0. The molecule has 0 radical (unpaired) electrons. The number of furan rings is 1. The topological polar surface area (TPSA) is 67.5 Å². The zero-order chi connectivity index (χ0) is 23.5. The van der Waals surface area contributed by atoms with Crippen LogP contribution in [0.25, 0.3) is 10.9 Å². The molecule has 1 aliphatic rings. The Morgan fingerprint density at radius 3 is 2.53 bits per heavy atom. The number of fused-ring (bicyclic) bond motifs is 1. The Bertz CT molecular complexity index is 1300. The van der Waals surface area contributed by atoms with Crippen LogP contribution >= 0.6 is 0 Å². The molecule has 0 atom stereocenters. The van der Waals surface area contributed by atoms with Gasteiger partial charge in [0.05, 0.1) is 19.4 Å². The van der Waals surface area contributed by atoms with Crippen molar-refractivity contribution >= 4 is 22.7 Å². The first kappa shape index (κ1) is 21.9. The van der Waals surface area contributed by atoms with Crippen molar-refractivity contribution in [3.63, 3.8) is 0 Å². The summed E-state index contributed by atoms with van der Waals surface area (Å²) in [5.74, 6) is 0.172. The fourth-order valence-electron chi connectivity index (χ4n) is 4.59. The smallest absolute Gasteiger partial charge is 0.270 e. The number of amides is 2. The Kier molecular flexibility index (Phi) is 6.16. The Morgan fingerprint density at radius 1 is 1.00 bits per heavy atom. The van der Waals surface area contributed by atoms with E-state index in [1.165, 1.54) is 6.07 Å². The molecule has 4 aromatic rings. The van der Waals surface area contributed by atoms with Gasteiger partial charge >= 0.3 is 0 Å². The number of rotatable bonds is 6. The highest BCUT2D eigenvalue weighted by Crippen LogP contribution is 2.25. The first-order chi connectivity index (χ1) is 16.6. The summed E-state index contributed by atoms with van der Waals surface area (Å²) in [5.41, 5.74) is 1.95. The summed E-state index contributed by atoms with van der Waals surface area (Å²) in [6.07, 6.45) is 2.78. The first-order valence-electron chi connectivity index (χ1n) is 11.5. The second-order valence-corrected chi connectivity index (χ2v) is 8.63. The van der Waals surface area contributed by atoms with E-state index in [9.17, 15) is 14.0 Å². The molecule has 1 N–H and O–H groups in total. The molecule has 2 aromatic carbocycles. The van der Waals surface area contributed by atoms with Crippen molar-refractivity contribution in [3.05, 3.63) is 95.8 Å². The Labute approximate surface area is 197 Å². The Morgan fingerprint density at radius 2 is 1.76 bits per heavy atom. The summed E-state index contributed by atoms with van der Waals surface area (Å²) >= 11 is 0. The quantitative estimate of drug-likeness (QED) is 0.459. The second kappa shape index (κ2) is 9.55. The SMILES string of the molecule is O=C(NCc1ccco1)C1CCN(C(=O)c2cc3ccccc3n2Cc2ccccc2F)CC1. The average molecular weight is 460 g/mol. The molecule has 34 heavy (non-hydrogen) atoms.